The smallest absolute Gasteiger partial charge is 0.149 e. The van der Waals surface area contributed by atoms with Gasteiger partial charge >= 0.3 is 0 Å². The van der Waals surface area contributed by atoms with Crippen LogP contribution in [0.15, 0.2) is 102 Å². The molecule has 0 radical (unpaired) electrons. The summed E-state index contributed by atoms with van der Waals surface area (Å²) >= 11 is 10.1. The zero-order valence-electron chi connectivity index (χ0n) is 14.4. The fraction of sp³-hybridized carbons (Fsp3) is 0. The Morgan fingerprint density at radius 2 is 1.30 bits per heavy atom. The zero-order chi connectivity index (χ0) is 18.6. The molecule has 0 aliphatic rings. The molecule has 0 amide bonds. The Balaban J connectivity index is 1.77. The van der Waals surface area contributed by atoms with Crippen LogP contribution in [0.1, 0.15) is 0 Å². The molecule has 0 heterocycles. The fourth-order valence-electron chi connectivity index (χ4n) is 2.96. The van der Waals surface area contributed by atoms with E-state index in [2.05, 4.69) is 40.2 Å². The number of para-hydroxylation sites is 1. The summed E-state index contributed by atoms with van der Waals surface area (Å²) in [6.45, 7) is 0. The highest BCUT2D eigenvalue weighted by Gasteiger charge is 2.14. The van der Waals surface area contributed by atoms with Gasteiger partial charge < -0.3 is 4.74 Å². The minimum absolute atomic E-state index is 0.574. The van der Waals surface area contributed by atoms with Gasteiger partial charge in [0.2, 0.25) is 0 Å². The van der Waals surface area contributed by atoms with Gasteiger partial charge in [0.05, 0.1) is 9.50 Å². The van der Waals surface area contributed by atoms with Crippen molar-refractivity contribution in [1.29, 1.82) is 0 Å². The first-order chi connectivity index (χ1) is 13.2. The molecule has 0 saturated heterocycles. The van der Waals surface area contributed by atoms with Gasteiger partial charge in [0.25, 0.3) is 0 Å². The SMILES string of the molecule is Clc1ccc(-c2ccccc2)cc1Oc1c(Br)cccc1-c1ccccc1. The predicted molar refractivity (Wildman–Crippen MR) is 117 cm³/mol. The van der Waals surface area contributed by atoms with Crippen LogP contribution in [0, 0.1) is 0 Å². The van der Waals surface area contributed by atoms with Crippen LogP contribution in [0.5, 0.6) is 11.5 Å². The van der Waals surface area contributed by atoms with Gasteiger partial charge in [-0.2, -0.15) is 0 Å². The molecule has 0 fully saturated rings. The van der Waals surface area contributed by atoms with Crippen LogP contribution in [0.3, 0.4) is 0 Å². The maximum atomic E-state index is 6.44. The highest BCUT2D eigenvalue weighted by molar-refractivity contribution is 9.10. The molecule has 0 aliphatic carbocycles. The van der Waals surface area contributed by atoms with E-state index in [9.17, 15) is 0 Å². The molecular weight excluding hydrogens is 420 g/mol. The van der Waals surface area contributed by atoms with E-state index in [0.29, 0.717) is 10.8 Å². The second-order valence-corrected chi connectivity index (χ2v) is 7.36. The Labute approximate surface area is 172 Å². The lowest BCUT2D eigenvalue weighted by molar-refractivity contribution is 0.482. The summed E-state index contributed by atoms with van der Waals surface area (Å²) in [5.41, 5.74) is 4.27. The van der Waals surface area contributed by atoms with Crippen LogP contribution in [0.4, 0.5) is 0 Å². The molecule has 0 aromatic heterocycles. The van der Waals surface area contributed by atoms with Crippen molar-refractivity contribution in [3.05, 3.63) is 107 Å². The Hall–Kier alpha value is -2.55. The summed E-state index contributed by atoms with van der Waals surface area (Å²) in [6, 6.07) is 32.2. The van der Waals surface area contributed by atoms with E-state index in [0.717, 1.165) is 32.5 Å². The maximum absolute atomic E-state index is 6.44. The summed E-state index contributed by atoms with van der Waals surface area (Å²) in [7, 11) is 0. The number of ether oxygens (including phenoxy) is 1. The van der Waals surface area contributed by atoms with Crippen molar-refractivity contribution < 1.29 is 4.74 Å². The average Bonchev–Trinajstić information content (AvgIpc) is 2.72. The van der Waals surface area contributed by atoms with E-state index >= 15 is 0 Å². The second-order valence-electron chi connectivity index (χ2n) is 6.10. The third-order valence-electron chi connectivity index (χ3n) is 4.30. The number of hydrogen-bond acceptors (Lipinski definition) is 1. The first kappa shape index (κ1) is 17.8. The monoisotopic (exact) mass is 434 g/mol. The van der Waals surface area contributed by atoms with Crippen molar-refractivity contribution in [1.82, 2.24) is 0 Å². The molecule has 0 atom stereocenters. The minimum atomic E-state index is 0.574. The largest absolute Gasteiger partial charge is 0.454 e. The summed E-state index contributed by atoms with van der Waals surface area (Å²) in [5, 5.41) is 0.574. The van der Waals surface area contributed by atoms with E-state index in [1.165, 1.54) is 0 Å². The van der Waals surface area contributed by atoms with Gasteiger partial charge in [-0.15, -0.1) is 0 Å². The number of halogens is 2. The summed E-state index contributed by atoms with van der Waals surface area (Å²) in [5.74, 6) is 1.37. The molecule has 0 saturated carbocycles. The van der Waals surface area contributed by atoms with Gasteiger partial charge in [0, 0.05) is 5.56 Å². The molecule has 0 aliphatic heterocycles. The summed E-state index contributed by atoms with van der Waals surface area (Å²) < 4.78 is 7.19. The Morgan fingerprint density at radius 3 is 2.00 bits per heavy atom. The van der Waals surface area contributed by atoms with Gasteiger partial charge in [-0.05, 0) is 50.8 Å². The third-order valence-corrected chi connectivity index (χ3v) is 5.24. The van der Waals surface area contributed by atoms with Crippen molar-refractivity contribution in [2.75, 3.05) is 0 Å². The standard InChI is InChI=1S/C24H16BrClO/c25-21-13-7-12-20(18-10-5-2-6-11-18)24(21)27-23-16-19(14-15-22(23)26)17-8-3-1-4-9-17/h1-16H. The molecule has 132 valence electrons. The van der Waals surface area contributed by atoms with E-state index < -0.39 is 0 Å². The summed E-state index contributed by atoms with van der Waals surface area (Å²) in [6.07, 6.45) is 0. The van der Waals surface area contributed by atoms with Crippen molar-refractivity contribution in [3.8, 4) is 33.8 Å². The van der Waals surface area contributed by atoms with Crippen LogP contribution >= 0.6 is 27.5 Å². The minimum Gasteiger partial charge on any atom is -0.454 e. The molecule has 0 spiro atoms. The van der Waals surface area contributed by atoms with E-state index in [1.54, 1.807) is 0 Å². The van der Waals surface area contributed by atoms with Crippen molar-refractivity contribution >= 4 is 27.5 Å². The van der Waals surface area contributed by atoms with Gasteiger partial charge in [0.1, 0.15) is 11.5 Å². The highest BCUT2D eigenvalue weighted by Crippen LogP contribution is 2.42. The Morgan fingerprint density at radius 1 is 0.630 bits per heavy atom. The van der Waals surface area contributed by atoms with Crippen molar-refractivity contribution in [2.24, 2.45) is 0 Å². The zero-order valence-corrected chi connectivity index (χ0v) is 16.7. The molecule has 27 heavy (non-hydrogen) atoms. The van der Waals surface area contributed by atoms with Crippen molar-refractivity contribution in [2.45, 2.75) is 0 Å². The molecule has 4 rings (SSSR count). The van der Waals surface area contributed by atoms with Crippen LogP contribution in [0.2, 0.25) is 5.02 Å². The highest BCUT2D eigenvalue weighted by atomic mass is 79.9. The first-order valence-corrected chi connectivity index (χ1v) is 9.76. The molecule has 1 nitrogen and oxygen atoms in total. The molecule has 0 bridgehead atoms. The Kier molecular flexibility index (Phi) is 5.28. The van der Waals surface area contributed by atoms with Crippen LogP contribution in [-0.4, -0.2) is 0 Å². The van der Waals surface area contributed by atoms with E-state index in [1.807, 2.05) is 72.8 Å². The lowest BCUT2D eigenvalue weighted by Crippen LogP contribution is -1.91. The number of rotatable bonds is 4. The van der Waals surface area contributed by atoms with Gasteiger partial charge in [-0.3, -0.25) is 0 Å². The van der Waals surface area contributed by atoms with Gasteiger partial charge in [0.15, 0.2) is 0 Å². The van der Waals surface area contributed by atoms with Crippen molar-refractivity contribution in [3.63, 3.8) is 0 Å². The van der Waals surface area contributed by atoms with E-state index in [-0.39, 0.29) is 0 Å². The summed E-state index contributed by atoms with van der Waals surface area (Å²) in [4.78, 5) is 0. The fourth-order valence-corrected chi connectivity index (χ4v) is 3.56. The van der Waals surface area contributed by atoms with Crippen LogP contribution < -0.4 is 4.74 Å². The normalized spacial score (nSPS) is 10.6. The average molecular weight is 436 g/mol. The predicted octanol–water partition coefficient (Wildman–Crippen LogP) is 8.23. The molecular formula is C24H16BrClO. The number of hydrogen-bond donors (Lipinski definition) is 0. The maximum Gasteiger partial charge on any atom is 0.149 e. The van der Waals surface area contributed by atoms with Crippen LogP contribution in [-0.2, 0) is 0 Å². The van der Waals surface area contributed by atoms with Gasteiger partial charge in [-0.1, -0.05) is 90.5 Å². The van der Waals surface area contributed by atoms with Gasteiger partial charge in [-0.25, -0.2) is 0 Å². The number of benzene rings is 4. The third kappa shape index (κ3) is 3.92. The van der Waals surface area contributed by atoms with E-state index in [4.69, 9.17) is 16.3 Å². The second kappa shape index (κ2) is 7.99. The molecule has 0 N–H and O–H groups in total. The first-order valence-electron chi connectivity index (χ1n) is 8.59. The topological polar surface area (TPSA) is 9.23 Å². The van der Waals surface area contributed by atoms with Crippen LogP contribution in [0.25, 0.3) is 22.3 Å². The lowest BCUT2D eigenvalue weighted by atomic mass is 10.0. The molecule has 4 aromatic carbocycles. The molecule has 0 unspecified atom stereocenters. The quantitative estimate of drug-likeness (QED) is 0.314. The molecule has 3 heteroatoms. The molecule has 4 aromatic rings. The Bertz CT molecular complexity index is 1060. The lowest BCUT2D eigenvalue weighted by Gasteiger charge is -2.15.